The second-order valence-corrected chi connectivity index (χ2v) is 4.82. The van der Waals surface area contributed by atoms with Gasteiger partial charge in [-0.1, -0.05) is 0 Å². The Morgan fingerprint density at radius 1 is 1.42 bits per heavy atom. The van der Waals surface area contributed by atoms with Crippen LogP contribution < -0.4 is 5.56 Å². The summed E-state index contributed by atoms with van der Waals surface area (Å²) < 4.78 is 13.4. The Bertz CT molecular complexity index is 739. The Morgan fingerprint density at radius 3 is 2.68 bits per heavy atom. The summed E-state index contributed by atoms with van der Waals surface area (Å²) in [5, 5.41) is 18.9. The fraction of sp³-hybridized carbons (Fsp3) is 0.0769. The van der Waals surface area contributed by atoms with Crippen molar-refractivity contribution in [2.24, 2.45) is 0 Å². The van der Waals surface area contributed by atoms with Crippen molar-refractivity contribution in [3.8, 4) is 22.9 Å². The van der Waals surface area contributed by atoms with E-state index in [1.165, 1.54) is 0 Å². The predicted octanol–water partition coefficient (Wildman–Crippen LogP) is 2.83. The number of H-pyrrole nitrogens is 1. The van der Waals surface area contributed by atoms with E-state index >= 15 is 0 Å². The summed E-state index contributed by atoms with van der Waals surface area (Å²) in [7, 11) is 0. The molecular weight excluding hydrogens is 315 g/mol. The van der Waals surface area contributed by atoms with Gasteiger partial charge >= 0.3 is 0 Å². The van der Waals surface area contributed by atoms with E-state index in [2.05, 4.69) is 20.9 Å². The number of aromatic hydroxyl groups is 1. The van der Waals surface area contributed by atoms with E-state index in [-0.39, 0.29) is 26.9 Å². The summed E-state index contributed by atoms with van der Waals surface area (Å²) in [6.07, 6.45) is 0. The van der Waals surface area contributed by atoms with Crippen LogP contribution in [-0.4, -0.2) is 10.1 Å². The van der Waals surface area contributed by atoms with Gasteiger partial charge in [0, 0.05) is 27.4 Å². The van der Waals surface area contributed by atoms with Gasteiger partial charge in [-0.05, 0) is 35.0 Å². The molecule has 6 heteroatoms. The number of pyridine rings is 1. The number of benzene rings is 1. The van der Waals surface area contributed by atoms with Gasteiger partial charge in [-0.3, -0.25) is 4.79 Å². The van der Waals surface area contributed by atoms with Crippen LogP contribution in [0, 0.1) is 24.1 Å². The number of hydrogen-bond donors (Lipinski definition) is 2. The van der Waals surface area contributed by atoms with Gasteiger partial charge < -0.3 is 10.1 Å². The van der Waals surface area contributed by atoms with Crippen LogP contribution in [0.3, 0.4) is 0 Å². The molecule has 0 saturated heterocycles. The van der Waals surface area contributed by atoms with Crippen LogP contribution in [0.15, 0.2) is 27.5 Å². The first kappa shape index (κ1) is 13.3. The third-order valence-corrected chi connectivity index (χ3v) is 3.21. The van der Waals surface area contributed by atoms with Crippen LogP contribution >= 0.6 is 15.9 Å². The van der Waals surface area contributed by atoms with E-state index in [1.807, 2.05) is 0 Å². The van der Waals surface area contributed by atoms with Gasteiger partial charge in [-0.15, -0.1) is 0 Å². The monoisotopic (exact) mass is 322 g/mol. The molecule has 0 aliphatic rings. The van der Waals surface area contributed by atoms with Crippen LogP contribution in [-0.2, 0) is 0 Å². The van der Waals surface area contributed by atoms with Crippen molar-refractivity contribution in [2.75, 3.05) is 0 Å². The number of aryl methyl sites for hydroxylation is 1. The number of nitriles is 1. The van der Waals surface area contributed by atoms with Crippen molar-refractivity contribution in [3.05, 3.63) is 50.1 Å². The molecular formula is C13H8BrFN2O2. The van der Waals surface area contributed by atoms with E-state index in [0.29, 0.717) is 5.69 Å². The minimum atomic E-state index is -0.617. The topological polar surface area (TPSA) is 76.9 Å². The van der Waals surface area contributed by atoms with Crippen molar-refractivity contribution >= 4 is 15.9 Å². The molecule has 96 valence electrons. The Morgan fingerprint density at radius 2 is 2.11 bits per heavy atom. The summed E-state index contributed by atoms with van der Waals surface area (Å²) in [5.74, 6) is -0.957. The summed E-state index contributed by atoms with van der Waals surface area (Å²) in [4.78, 5) is 14.2. The SMILES string of the molecule is Cc1cc(-c2c(O)cc(F)cc2Br)c(C#N)c(=O)[nH]1. The second kappa shape index (κ2) is 4.86. The molecule has 2 aromatic rings. The molecule has 0 atom stereocenters. The highest BCUT2D eigenvalue weighted by Crippen LogP contribution is 2.37. The first-order chi connectivity index (χ1) is 8.93. The lowest BCUT2D eigenvalue weighted by Crippen LogP contribution is -2.12. The number of aromatic nitrogens is 1. The van der Waals surface area contributed by atoms with E-state index in [4.69, 9.17) is 5.26 Å². The van der Waals surface area contributed by atoms with Gasteiger partial charge in [0.05, 0.1) is 0 Å². The maximum Gasteiger partial charge on any atom is 0.266 e. The summed E-state index contributed by atoms with van der Waals surface area (Å²) in [5.41, 5.74) is 0.330. The molecule has 4 nitrogen and oxygen atoms in total. The molecule has 0 aliphatic carbocycles. The number of phenols is 1. The standard InChI is InChI=1S/C13H8BrFN2O2/c1-6-2-8(9(5-16)13(19)17-6)12-10(14)3-7(15)4-11(12)18/h2-4,18H,1H3,(H,17,19). The van der Waals surface area contributed by atoms with Crippen molar-refractivity contribution in [3.63, 3.8) is 0 Å². The lowest BCUT2D eigenvalue weighted by Gasteiger charge is -2.10. The Kier molecular flexibility index (Phi) is 3.40. The molecule has 0 amide bonds. The Balaban J connectivity index is 2.88. The van der Waals surface area contributed by atoms with E-state index < -0.39 is 11.4 Å². The normalized spacial score (nSPS) is 10.2. The second-order valence-electron chi connectivity index (χ2n) is 3.96. The van der Waals surface area contributed by atoms with Crippen molar-refractivity contribution in [1.82, 2.24) is 4.98 Å². The fourth-order valence-corrected chi connectivity index (χ4v) is 2.46. The van der Waals surface area contributed by atoms with Crippen molar-refractivity contribution in [2.45, 2.75) is 6.92 Å². The van der Waals surface area contributed by atoms with Gasteiger partial charge in [-0.2, -0.15) is 5.26 Å². The number of rotatable bonds is 1. The molecule has 0 saturated carbocycles. The molecule has 0 spiro atoms. The average molecular weight is 323 g/mol. The minimum Gasteiger partial charge on any atom is -0.507 e. The molecule has 19 heavy (non-hydrogen) atoms. The Labute approximate surface area is 116 Å². The van der Waals surface area contributed by atoms with Gasteiger partial charge in [-0.25, -0.2) is 4.39 Å². The molecule has 2 N–H and O–H groups in total. The third kappa shape index (κ3) is 2.37. The average Bonchev–Trinajstić information content (AvgIpc) is 2.26. The zero-order chi connectivity index (χ0) is 14.2. The highest BCUT2D eigenvalue weighted by Gasteiger charge is 2.17. The van der Waals surface area contributed by atoms with Crippen molar-refractivity contribution < 1.29 is 9.50 Å². The van der Waals surface area contributed by atoms with E-state index in [0.717, 1.165) is 12.1 Å². The van der Waals surface area contributed by atoms with Crippen LogP contribution in [0.2, 0.25) is 0 Å². The molecule has 1 aromatic carbocycles. The lowest BCUT2D eigenvalue weighted by molar-refractivity contribution is 0.470. The van der Waals surface area contributed by atoms with Gasteiger partial charge in [0.1, 0.15) is 23.2 Å². The van der Waals surface area contributed by atoms with Crippen molar-refractivity contribution in [1.29, 1.82) is 5.26 Å². The number of nitrogens with zero attached hydrogens (tertiary/aromatic N) is 1. The number of aromatic amines is 1. The highest BCUT2D eigenvalue weighted by atomic mass is 79.9. The number of nitrogens with one attached hydrogen (secondary N) is 1. The van der Waals surface area contributed by atoms with Crippen LogP contribution in [0.1, 0.15) is 11.3 Å². The minimum absolute atomic E-state index is 0.131. The molecule has 1 aromatic heterocycles. The molecule has 0 fully saturated rings. The number of halogens is 2. The third-order valence-electron chi connectivity index (χ3n) is 2.58. The van der Waals surface area contributed by atoms with Crippen LogP contribution in [0.5, 0.6) is 5.75 Å². The van der Waals surface area contributed by atoms with Gasteiger partial charge in [0.15, 0.2) is 0 Å². The molecule has 0 aliphatic heterocycles. The zero-order valence-corrected chi connectivity index (χ0v) is 11.4. The summed E-state index contributed by atoms with van der Waals surface area (Å²) >= 11 is 3.13. The number of phenolic OH excluding ortho intramolecular Hbond substituents is 1. The lowest BCUT2D eigenvalue weighted by atomic mass is 10.00. The van der Waals surface area contributed by atoms with Gasteiger partial charge in [0.2, 0.25) is 0 Å². The molecule has 2 rings (SSSR count). The quantitative estimate of drug-likeness (QED) is 0.847. The fourth-order valence-electron chi connectivity index (χ4n) is 1.82. The first-order valence-corrected chi connectivity index (χ1v) is 6.05. The summed E-state index contributed by atoms with van der Waals surface area (Å²) in [6, 6.07) is 5.43. The Hall–Kier alpha value is -2.13. The molecule has 0 bridgehead atoms. The maximum atomic E-state index is 13.1. The maximum absolute atomic E-state index is 13.1. The largest absolute Gasteiger partial charge is 0.507 e. The highest BCUT2D eigenvalue weighted by molar-refractivity contribution is 9.10. The first-order valence-electron chi connectivity index (χ1n) is 5.26. The zero-order valence-electron chi connectivity index (χ0n) is 9.79. The van der Waals surface area contributed by atoms with Gasteiger partial charge in [0.25, 0.3) is 5.56 Å². The van der Waals surface area contributed by atoms with E-state index in [9.17, 15) is 14.3 Å². The summed E-state index contributed by atoms with van der Waals surface area (Å²) in [6.45, 7) is 1.65. The smallest absolute Gasteiger partial charge is 0.266 e. The molecule has 0 radical (unpaired) electrons. The molecule has 1 heterocycles. The van der Waals surface area contributed by atoms with Crippen LogP contribution in [0.25, 0.3) is 11.1 Å². The predicted molar refractivity (Wildman–Crippen MR) is 71.3 cm³/mol. The number of hydrogen-bond acceptors (Lipinski definition) is 3. The molecule has 0 unspecified atom stereocenters. The van der Waals surface area contributed by atoms with Crippen LogP contribution in [0.4, 0.5) is 4.39 Å². The van der Waals surface area contributed by atoms with E-state index in [1.54, 1.807) is 19.1 Å².